The molecule has 0 heterocycles. The molecule has 0 saturated carbocycles. The quantitative estimate of drug-likeness (QED) is 0.219. The van der Waals surface area contributed by atoms with Crippen LogP contribution in [0.4, 0.5) is 0 Å². The Hall–Kier alpha value is -4.68. The van der Waals surface area contributed by atoms with E-state index in [2.05, 4.69) is 147 Å². The number of aryl methyl sites for hydroxylation is 2. The van der Waals surface area contributed by atoms with Gasteiger partial charge >= 0.3 is 0 Å². The van der Waals surface area contributed by atoms with E-state index in [-0.39, 0.29) is 0 Å². The first kappa shape index (κ1) is 22.5. The minimum atomic E-state index is 1.25. The molecule has 7 aromatic rings. The Kier molecular flexibility index (Phi) is 5.34. The first-order valence-corrected chi connectivity index (χ1v) is 13.3. The molecule has 0 aliphatic rings. The van der Waals surface area contributed by atoms with Gasteiger partial charge in [0.25, 0.3) is 0 Å². The predicted molar refractivity (Wildman–Crippen MR) is 165 cm³/mol. The highest BCUT2D eigenvalue weighted by Crippen LogP contribution is 2.46. The number of hydrogen-bond acceptors (Lipinski definition) is 0. The molecule has 0 aromatic heterocycles. The Bertz CT molecular complexity index is 1900. The van der Waals surface area contributed by atoms with Gasteiger partial charge in [-0.3, -0.25) is 0 Å². The highest BCUT2D eigenvalue weighted by Gasteiger charge is 2.18. The summed E-state index contributed by atoms with van der Waals surface area (Å²) in [6.07, 6.45) is 0. The molecule has 0 unspecified atom stereocenters. The minimum Gasteiger partial charge on any atom is -0.0622 e. The first-order valence-electron chi connectivity index (χ1n) is 13.3. The fourth-order valence-corrected chi connectivity index (χ4v) is 6.23. The molecule has 0 heteroatoms. The highest BCUT2D eigenvalue weighted by atomic mass is 14.2. The SMILES string of the molecule is Cc1cc(C)cc(-c2ccc(-c3c4ccccc4c(-c4ccccc4)c4ccccc34)c3ccccc23)c1. The molecule has 0 atom stereocenters. The summed E-state index contributed by atoms with van der Waals surface area (Å²) in [6, 6.07) is 49.0. The van der Waals surface area contributed by atoms with Gasteiger partial charge in [-0.25, -0.2) is 0 Å². The smallest absolute Gasteiger partial charge is 0.00201 e. The van der Waals surface area contributed by atoms with Gasteiger partial charge in [0, 0.05) is 0 Å². The molecule has 0 radical (unpaired) electrons. The Morgan fingerprint density at radius 3 is 1.29 bits per heavy atom. The molecule has 0 fully saturated rings. The molecule has 0 spiro atoms. The van der Waals surface area contributed by atoms with Gasteiger partial charge in [-0.1, -0.05) is 145 Å². The van der Waals surface area contributed by atoms with Crippen LogP contribution in [0, 0.1) is 13.8 Å². The lowest BCUT2D eigenvalue weighted by atomic mass is 9.83. The molecular formula is C38H28. The van der Waals surface area contributed by atoms with Crippen LogP contribution in [0.15, 0.2) is 133 Å². The van der Waals surface area contributed by atoms with Crippen LogP contribution in [-0.4, -0.2) is 0 Å². The van der Waals surface area contributed by atoms with Gasteiger partial charge in [0.1, 0.15) is 0 Å². The van der Waals surface area contributed by atoms with E-state index in [0.29, 0.717) is 0 Å². The van der Waals surface area contributed by atoms with E-state index >= 15 is 0 Å². The Morgan fingerprint density at radius 1 is 0.316 bits per heavy atom. The van der Waals surface area contributed by atoms with E-state index in [4.69, 9.17) is 0 Å². The van der Waals surface area contributed by atoms with Crippen LogP contribution in [0.25, 0.3) is 65.7 Å². The number of hydrogen-bond donors (Lipinski definition) is 0. The van der Waals surface area contributed by atoms with E-state index in [1.807, 2.05) is 0 Å². The second kappa shape index (κ2) is 9.01. The fraction of sp³-hybridized carbons (Fsp3) is 0.0526. The van der Waals surface area contributed by atoms with Crippen LogP contribution in [0.2, 0.25) is 0 Å². The lowest BCUT2D eigenvalue weighted by Crippen LogP contribution is -1.92. The summed E-state index contributed by atoms with van der Waals surface area (Å²) in [5.41, 5.74) is 10.3. The van der Waals surface area contributed by atoms with Crippen LogP contribution in [0.5, 0.6) is 0 Å². The van der Waals surface area contributed by atoms with Crippen molar-refractivity contribution < 1.29 is 0 Å². The van der Waals surface area contributed by atoms with Crippen LogP contribution < -0.4 is 0 Å². The highest BCUT2D eigenvalue weighted by molar-refractivity contribution is 6.24. The maximum atomic E-state index is 2.34. The lowest BCUT2D eigenvalue weighted by molar-refractivity contribution is 1.39. The summed E-state index contributed by atoms with van der Waals surface area (Å²) >= 11 is 0. The Labute approximate surface area is 223 Å². The van der Waals surface area contributed by atoms with Crippen molar-refractivity contribution in [2.75, 3.05) is 0 Å². The van der Waals surface area contributed by atoms with Gasteiger partial charge in [0.15, 0.2) is 0 Å². The van der Waals surface area contributed by atoms with Crippen molar-refractivity contribution in [3.8, 4) is 33.4 Å². The third-order valence-electron chi connectivity index (χ3n) is 7.72. The second-order valence-corrected chi connectivity index (χ2v) is 10.3. The molecule has 0 bridgehead atoms. The maximum Gasteiger partial charge on any atom is -0.00201 e. The Balaban J connectivity index is 1.60. The molecule has 0 amide bonds. The first-order chi connectivity index (χ1) is 18.7. The van der Waals surface area contributed by atoms with E-state index in [9.17, 15) is 0 Å². The third-order valence-corrected chi connectivity index (χ3v) is 7.72. The van der Waals surface area contributed by atoms with Crippen LogP contribution >= 0.6 is 0 Å². The number of fused-ring (bicyclic) bond motifs is 3. The second-order valence-electron chi connectivity index (χ2n) is 10.3. The number of benzene rings is 7. The zero-order valence-electron chi connectivity index (χ0n) is 21.7. The largest absolute Gasteiger partial charge is 0.0622 e. The molecule has 0 saturated heterocycles. The molecule has 0 N–H and O–H groups in total. The van der Waals surface area contributed by atoms with Gasteiger partial charge in [-0.2, -0.15) is 0 Å². The van der Waals surface area contributed by atoms with Crippen molar-refractivity contribution >= 4 is 32.3 Å². The average molecular weight is 485 g/mol. The van der Waals surface area contributed by atoms with E-state index in [0.717, 1.165) is 0 Å². The zero-order chi connectivity index (χ0) is 25.6. The van der Waals surface area contributed by atoms with E-state index in [1.165, 1.54) is 76.8 Å². The molecule has 180 valence electrons. The van der Waals surface area contributed by atoms with Crippen molar-refractivity contribution in [2.45, 2.75) is 13.8 Å². The van der Waals surface area contributed by atoms with Crippen molar-refractivity contribution in [1.29, 1.82) is 0 Å². The van der Waals surface area contributed by atoms with Gasteiger partial charge < -0.3 is 0 Å². The predicted octanol–water partition coefficient (Wildman–Crippen LogP) is 10.8. The normalized spacial score (nSPS) is 11.4. The van der Waals surface area contributed by atoms with Crippen LogP contribution in [-0.2, 0) is 0 Å². The van der Waals surface area contributed by atoms with Crippen LogP contribution in [0.3, 0.4) is 0 Å². The molecule has 38 heavy (non-hydrogen) atoms. The van der Waals surface area contributed by atoms with Crippen LogP contribution in [0.1, 0.15) is 11.1 Å². The topological polar surface area (TPSA) is 0 Å². The molecule has 7 rings (SSSR count). The van der Waals surface area contributed by atoms with Crippen molar-refractivity contribution in [1.82, 2.24) is 0 Å². The van der Waals surface area contributed by atoms with Gasteiger partial charge in [0.05, 0.1) is 0 Å². The van der Waals surface area contributed by atoms with E-state index in [1.54, 1.807) is 0 Å². The molecular weight excluding hydrogens is 456 g/mol. The fourth-order valence-electron chi connectivity index (χ4n) is 6.23. The van der Waals surface area contributed by atoms with E-state index < -0.39 is 0 Å². The third kappa shape index (κ3) is 3.61. The number of rotatable bonds is 3. The lowest BCUT2D eigenvalue weighted by Gasteiger charge is -2.19. The Morgan fingerprint density at radius 2 is 0.737 bits per heavy atom. The standard InChI is InChI=1S/C38H28/c1-25-22-26(2)24-28(23-25)29-20-21-36(31-15-7-6-14-30(29)31)38-34-18-10-8-16-32(34)37(27-12-4-3-5-13-27)33-17-9-11-19-35(33)38/h3-24H,1-2H3. The summed E-state index contributed by atoms with van der Waals surface area (Å²) < 4.78 is 0. The van der Waals surface area contributed by atoms with Gasteiger partial charge in [-0.15, -0.1) is 0 Å². The van der Waals surface area contributed by atoms with Crippen molar-refractivity contribution in [2.24, 2.45) is 0 Å². The summed E-state index contributed by atoms with van der Waals surface area (Å²) in [6.45, 7) is 4.36. The summed E-state index contributed by atoms with van der Waals surface area (Å²) in [5.74, 6) is 0. The summed E-state index contributed by atoms with van der Waals surface area (Å²) in [4.78, 5) is 0. The summed E-state index contributed by atoms with van der Waals surface area (Å²) in [5, 5.41) is 7.72. The van der Waals surface area contributed by atoms with Crippen molar-refractivity contribution in [3.05, 3.63) is 145 Å². The molecule has 0 nitrogen and oxygen atoms in total. The monoisotopic (exact) mass is 484 g/mol. The zero-order valence-corrected chi connectivity index (χ0v) is 21.7. The maximum absolute atomic E-state index is 2.34. The molecule has 0 aliphatic carbocycles. The van der Waals surface area contributed by atoms with Gasteiger partial charge in [0.2, 0.25) is 0 Å². The summed E-state index contributed by atoms with van der Waals surface area (Å²) in [7, 11) is 0. The van der Waals surface area contributed by atoms with Gasteiger partial charge in [-0.05, 0) is 79.5 Å². The molecule has 0 aliphatic heterocycles. The average Bonchev–Trinajstić information content (AvgIpc) is 2.95. The minimum absolute atomic E-state index is 1.25. The van der Waals surface area contributed by atoms with Crippen molar-refractivity contribution in [3.63, 3.8) is 0 Å². The molecule has 7 aromatic carbocycles.